The van der Waals surface area contributed by atoms with Gasteiger partial charge in [0.2, 0.25) is 0 Å². The second kappa shape index (κ2) is 11.8. The number of carbonyl (C=O) groups excluding carboxylic acids is 3. The molecule has 1 heterocycles. The number of carbonyl (C=O) groups is 3. The van der Waals surface area contributed by atoms with E-state index in [4.69, 9.17) is 4.74 Å². The molecule has 33 heavy (non-hydrogen) atoms. The molecule has 2 N–H and O–H groups in total. The fourth-order valence-corrected chi connectivity index (χ4v) is 3.41. The molecule has 0 saturated carbocycles. The van der Waals surface area contributed by atoms with Crippen molar-refractivity contribution in [3.05, 3.63) is 65.2 Å². The van der Waals surface area contributed by atoms with Crippen molar-refractivity contribution in [3.63, 3.8) is 0 Å². The zero-order chi connectivity index (χ0) is 23.6. The molecule has 0 aromatic heterocycles. The number of rotatable bonds is 8. The van der Waals surface area contributed by atoms with Crippen LogP contribution in [0, 0.1) is 0 Å². The van der Waals surface area contributed by atoms with E-state index in [9.17, 15) is 14.4 Å². The summed E-state index contributed by atoms with van der Waals surface area (Å²) in [6.07, 6.45) is 3.42. The van der Waals surface area contributed by atoms with Crippen molar-refractivity contribution in [3.8, 4) is 5.75 Å². The maximum atomic E-state index is 12.2. The number of amides is 3. The van der Waals surface area contributed by atoms with Crippen molar-refractivity contribution in [2.45, 2.75) is 39.2 Å². The summed E-state index contributed by atoms with van der Waals surface area (Å²) in [5, 5.41) is 6.43. The lowest BCUT2D eigenvalue weighted by Crippen LogP contribution is -2.37. The van der Waals surface area contributed by atoms with Crippen molar-refractivity contribution in [2.24, 2.45) is 5.10 Å². The van der Waals surface area contributed by atoms with E-state index in [2.05, 4.69) is 29.7 Å². The molecule has 1 aliphatic rings. The molecule has 0 bridgehead atoms. The largest absolute Gasteiger partial charge is 0.483 e. The van der Waals surface area contributed by atoms with Gasteiger partial charge >= 0.3 is 11.8 Å². The van der Waals surface area contributed by atoms with E-state index < -0.39 is 11.8 Å². The van der Waals surface area contributed by atoms with E-state index >= 15 is 0 Å². The lowest BCUT2D eigenvalue weighted by atomic mass is 10.0. The van der Waals surface area contributed by atoms with Gasteiger partial charge in [-0.1, -0.05) is 50.2 Å². The molecular formula is C25H30N4O4. The molecule has 0 unspecified atom stereocenters. The first-order chi connectivity index (χ1) is 15.9. The third kappa shape index (κ3) is 7.17. The Morgan fingerprint density at radius 3 is 2.42 bits per heavy atom. The third-order valence-corrected chi connectivity index (χ3v) is 5.40. The normalized spacial score (nSPS) is 13.4. The second-order valence-electron chi connectivity index (χ2n) is 8.19. The minimum absolute atomic E-state index is 0.0527. The van der Waals surface area contributed by atoms with Crippen LogP contribution in [0.3, 0.4) is 0 Å². The molecule has 0 atom stereocenters. The van der Waals surface area contributed by atoms with Crippen LogP contribution in [-0.4, -0.2) is 48.5 Å². The van der Waals surface area contributed by atoms with Gasteiger partial charge in [-0.15, -0.1) is 0 Å². The predicted molar refractivity (Wildman–Crippen MR) is 126 cm³/mol. The third-order valence-electron chi connectivity index (χ3n) is 5.40. The number of ether oxygens (including phenoxy) is 1. The summed E-state index contributed by atoms with van der Waals surface area (Å²) < 4.78 is 5.65. The number of nitrogens with zero attached hydrogens (tertiary/aromatic N) is 2. The number of nitrogens with one attached hydrogen (secondary N) is 2. The highest BCUT2D eigenvalue weighted by Crippen LogP contribution is 2.17. The van der Waals surface area contributed by atoms with Gasteiger partial charge < -0.3 is 15.0 Å². The standard InChI is InChI=1S/C25H30N4O4/c1-18(2)20-11-9-19(10-12-20)15-26-24(31)25(32)28-27-16-21-7-3-4-8-22(21)33-17-23(30)29-13-5-6-14-29/h3-4,7-12,16,18H,5-6,13-15,17H2,1-2H3,(H,26,31)(H,28,32)/b27-16-. The van der Waals surface area contributed by atoms with E-state index in [0.29, 0.717) is 17.2 Å². The van der Waals surface area contributed by atoms with Crippen LogP contribution < -0.4 is 15.5 Å². The minimum Gasteiger partial charge on any atom is -0.483 e. The van der Waals surface area contributed by atoms with Crippen LogP contribution in [0.25, 0.3) is 0 Å². The molecule has 0 spiro atoms. The van der Waals surface area contributed by atoms with Gasteiger partial charge in [0, 0.05) is 25.2 Å². The SMILES string of the molecule is CC(C)c1ccc(CNC(=O)C(=O)N/N=C\c2ccccc2OCC(=O)N2CCCC2)cc1. The molecule has 1 saturated heterocycles. The topological polar surface area (TPSA) is 100 Å². The number of hydrazone groups is 1. The van der Waals surface area contributed by atoms with Crippen molar-refractivity contribution in [1.82, 2.24) is 15.6 Å². The Hall–Kier alpha value is -3.68. The van der Waals surface area contributed by atoms with Gasteiger partial charge in [-0.05, 0) is 42.0 Å². The van der Waals surface area contributed by atoms with Gasteiger partial charge in [-0.2, -0.15) is 5.10 Å². The number of benzene rings is 2. The average molecular weight is 451 g/mol. The molecule has 2 aromatic rings. The molecule has 0 radical (unpaired) electrons. The Bertz CT molecular complexity index is 996. The molecule has 0 aliphatic carbocycles. The Morgan fingerprint density at radius 1 is 1.03 bits per heavy atom. The predicted octanol–water partition coefficient (Wildman–Crippen LogP) is 2.58. The summed E-state index contributed by atoms with van der Waals surface area (Å²) >= 11 is 0. The molecule has 2 aromatic carbocycles. The number of para-hydroxylation sites is 1. The smallest absolute Gasteiger partial charge is 0.329 e. The fourth-order valence-electron chi connectivity index (χ4n) is 3.41. The number of likely N-dealkylation sites (tertiary alicyclic amines) is 1. The molecule has 1 fully saturated rings. The zero-order valence-electron chi connectivity index (χ0n) is 19.0. The van der Waals surface area contributed by atoms with Crippen molar-refractivity contribution in [2.75, 3.05) is 19.7 Å². The Morgan fingerprint density at radius 2 is 1.73 bits per heavy atom. The minimum atomic E-state index is -0.868. The highest BCUT2D eigenvalue weighted by molar-refractivity contribution is 6.35. The van der Waals surface area contributed by atoms with Crippen LogP contribution in [-0.2, 0) is 20.9 Å². The molecule has 8 nitrogen and oxygen atoms in total. The van der Waals surface area contributed by atoms with Gasteiger partial charge in [0.1, 0.15) is 5.75 Å². The van der Waals surface area contributed by atoms with E-state index in [1.807, 2.05) is 24.3 Å². The first kappa shape index (κ1) is 24.0. The van der Waals surface area contributed by atoms with Crippen LogP contribution in [0.4, 0.5) is 0 Å². The maximum Gasteiger partial charge on any atom is 0.329 e. The Labute approximate surface area is 194 Å². The lowest BCUT2D eigenvalue weighted by molar-refractivity contribution is -0.139. The zero-order valence-corrected chi connectivity index (χ0v) is 19.0. The molecule has 3 rings (SSSR count). The maximum absolute atomic E-state index is 12.2. The average Bonchev–Trinajstić information content (AvgIpc) is 3.37. The summed E-state index contributed by atoms with van der Waals surface area (Å²) in [6.45, 7) is 5.94. The van der Waals surface area contributed by atoms with Crippen LogP contribution in [0.2, 0.25) is 0 Å². The first-order valence-corrected chi connectivity index (χ1v) is 11.1. The summed E-state index contributed by atoms with van der Waals surface area (Å²) in [4.78, 5) is 38.0. The van der Waals surface area contributed by atoms with Crippen LogP contribution >= 0.6 is 0 Å². The Kier molecular flexibility index (Phi) is 8.57. The number of hydrogen-bond donors (Lipinski definition) is 2. The molecule has 174 valence electrons. The molecule has 8 heteroatoms. The highest BCUT2D eigenvalue weighted by Gasteiger charge is 2.18. The lowest BCUT2D eigenvalue weighted by Gasteiger charge is -2.16. The quantitative estimate of drug-likeness (QED) is 0.367. The molecule has 1 aliphatic heterocycles. The van der Waals surface area contributed by atoms with E-state index in [0.717, 1.165) is 31.5 Å². The van der Waals surface area contributed by atoms with Gasteiger partial charge in [0.25, 0.3) is 5.91 Å². The summed E-state index contributed by atoms with van der Waals surface area (Å²) in [7, 11) is 0. The summed E-state index contributed by atoms with van der Waals surface area (Å²) in [5.41, 5.74) is 4.91. The van der Waals surface area contributed by atoms with Crippen molar-refractivity contribution >= 4 is 23.9 Å². The first-order valence-electron chi connectivity index (χ1n) is 11.1. The van der Waals surface area contributed by atoms with Crippen molar-refractivity contribution in [1.29, 1.82) is 0 Å². The second-order valence-corrected chi connectivity index (χ2v) is 8.19. The van der Waals surface area contributed by atoms with Crippen molar-refractivity contribution < 1.29 is 19.1 Å². The van der Waals surface area contributed by atoms with Gasteiger partial charge in [-0.25, -0.2) is 5.43 Å². The van der Waals surface area contributed by atoms with Gasteiger partial charge in [-0.3, -0.25) is 14.4 Å². The van der Waals surface area contributed by atoms with Crippen LogP contribution in [0.1, 0.15) is 49.3 Å². The summed E-state index contributed by atoms with van der Waals surface area (Å²) in [6, 6.07) is 14.9. The van der Waals surface area contributed by atoms with Crippen LogP contribution in [0.5, 0.6) is 5.75 Å². The number of hydrogen-bond acceptors (Lipinski definition) is 5. The molecule has 3 amide bonds. The van der Waals surface area contributed by atoms with Gasteiger partial charge in [0.05, 0.1) is 6.21 Å². The highest BCUT2D eigenvalue weighted by atomic mass is 16.5. The monoisotopic (exact) mass is 450 g/mol. The molecular weight excluding hydrogens is 420 g/mol. The van der Waals surface area contributed by atoms with E-state index in [1.54, 1.807) is 29.2 Å². The summed E-state index contributed by atoms with van der Waals surface area (Å²) in [5.74, 6) is -0.799. The van der Waals surface area contributed by atoms with Crippen LogP contribution in [0.15, 0.2) is 53.6 Å². The fraction of sp³-hybridized carbons (Fsp3) is 0.360. The van der Waals surface area contributed by atoms with E-state index in [-0.39, 0.29) is 19.1 Å². The Balaban J connectivity index is 1.47. The van der Waals surface area contributed by atoms with E-state index in [1.165, 1.54) is 11.8 Å². The van der Waals surface area contributed by atoms with Gasteiger partial charge in [0.15, 0.2) is 6.61 Å².